The van der Waals surface area contributed by atoms with Crippen molar-refractivity contribution in [2.45, 2.75) is 24.7 Å². The monoisotopic (exact) mass is 396 g/mol. The van der Waals surface area contributed by atoms with Crippen LogP contribution in [0.25, 0.3) is 0 Å². The van der Waals surface area contributed by atoms with Crippen molar-refractivity contribution in [3.63, 3.8) is 0 Å². The SMILES string of the molecule is CC1(CNS(=O)(=O)c2cc(Cl)cc(N)c2Br)CCOCC1. The Balaban J connectivity index is 2.19. The van der Waals surface area contributed by atoms with E-state index in [1.165, 1.54) is 12.1 Å². The van der Waals surface area contributed by atoms with E-state index in [0.717, 1.165) is 12.8 Å². The van der Waals surface area contributed by atoms with Gasteiger partial charge in [0, 0.05) is 30.5 Å². The van der Waals surface area contributed by atoms with Crippen molar-refractivity contribution in [3.05, 3.63) is 21.6 Å². The molecule has 5 nitrogen and oxygen atoms in total. The molecule has 0 unspecified atom stereocenters. The van der Waals surface area contributed by atoms with E-state index in [0.29, 0.717) is 29.9 Å². The van der Waals surface area contributed by atoms with E-state index in [-0.39, 0.29) is 15.3 Å². The number of sulfonamides is 1. The van der Waals surface area contributed by atoms with E-state index in [1.807, 2.05) is 0 Å². The number of nitrogen functional groups attached to an aromatic ring is 1. The lowest BCUT2D eigenvalue weighted by Gasteiger charge is -2.33. The van der Waals surface area contributed by atoms with Crippen LogP contribution in [0.3, 0.4) is 0 Å². The number of halogens is 2. The molecule has 0 aliphatic carbocycles. The second-order valence-corrected chi connectivity index (χ2v) is 8.52. The topological polar surface area (TPSA) is 81.4 Å². The smallest absolute Gasteiger partial charge is 0.241 e. The highest BCUT2D eigenvalue weighted by Crippen LogP contribution is 2.33. The first-order valence-corrected chi connectivity index (χ1v) is 9.21. The van der Waals surface area contributed by atoms with Crippen LogP contribution < -0.4 is 10.5 Å². The Morgan fingerprint density at radius 2 is 2.05 bits per heavy atom. The molecular formula is C13H18BrClN2O3S. The van der Waals surface area contributed by atoms with Crippen LogP contribution in [0.5, 0.6) is 0 Å². The first-order valence-electron chi connectivity index (χ1n) is 6.55. The first kappa shape index (κ1) is 17.0. The van der Waals surface area contributed by atoms with Gasteiger partial charge in [-0.25, -0.2) is 13.1 Å². The molecule has 0 spiro atoms. The third-order valence-electron chi connectivity index (χ3n) is 3.71. The molecule has 1 aliphatic rings. The number of anilines is 1. The van der Waals surface area contributed by atoms with Crippen LogP contribution in [0, 0.1) is 5.41 Å². The molecular weight excluding hydrogens is 380 g/mol. The lowest BCUT2D eigenvalue weighted by Crippen LogP contribution is -2.39. The number of nitrogens with two attached hydrogens (primary N) is 1. The van der Waals surface area contributed by atoms with Crippen LogP contribution in [0.1, 0.15) is 19.8 Å². The van der Waals surface area contributed by atoms with Gasteiger partial charge in [-0.2, -0.15) is 0 Å². The molecule has 1 aromatic carbocycles. The van der Waals surface area contributed by atoms with Gasteiger partial charge < -0.3 is 10.5 Å². The van der Waals surface area contributed by atoms with Gasteiger partial charge in [0.05, 0.1) is 9.37 Å². The molecule has 3 N–H and O–H groups in total. The van der Waals surface area contributed by atoms with Crippen LogP contribution >= 0.6 is 27.5 Å². The minimum atomic E-state index is -3.68. The summed E-state index contributed by atoms with van der Waals surface area (Å²) in [6.45, 7) is 3.73. The van der Waals surface area contributed by atoms with Gasteiger partial charge in [-0.15, -0.1) is 0 Å². The average molecular weight is 398 g/mol. The number of hydrogen-bond donors (Lipinski definition) is 2. The molecule has 0 radical (unpaired) electrons. The molecule has 21 heavy (non-hydrogen) atoms. The Hall–Kier alpha value is -0.340. The summed E-state index contributed by atoms with van der Waals surface area (Å²) < 4.78 is 33.2. The molecule has 118 valence electrons. The van der Waals surface area contributed by atoms with E-state index in [1.54, 1.807) is 0 Å². The van der Waals surface area contributed by atoms with Gasteiger partial charge in [-0.1, -0.05) is 18.5 Å². The van der Waals surface area contributed by atoms with Crippen molar-refractivity contribution in [1.29, 1.82) is 0 Å². The molecule has 0 bridgehead atoms. The molecule has 0 atom stereocenters. The second-order valence-electron chi connectivity index (χ2n) is 5.55. The van der Waals surface area contributed by atoms with Crippen molar-refractivity contribution in [2.24, 2.45) is 5.41 Å². The summed E-state index contributed by atoms with van der Waals surface area (Å²) in [7, 11) is -3.68. The fraction of sp³-hybridized carbons (Fsp3) is 0.538. The lowest BCUT2D eigenvalue weighted by atomic mass is 9.83. The van der Waals surface area contributed by atoms with Gasteiger partial charge >= 0.3 is 0 Å². The maximum atomic E-state index is 12.5. The van der Waals surface area contributed by atoms with Gasteiger partial charge in [-0.05, 0) is 46.3 Å². The summed E-state index contributed by atoms with van der Waals surface area (Å²) in [5, 5.41) is 0.286. The average Bonchev–Trinajstić information content (AvgIpc) is 2.42. The zero-order chi connectivity index (χ0) is 15.7. The van der Waals surface area contributed by atoms with Gasteiger partial charge in [0.15, 0.2) is 0 Å². The Kier molecular flexibility index (Phi) is 5.20. The van der Waals surface area contributed by atoms with Crippen molar-refractivity contribution in [2.75, 3.05) is 25.5 Å². The summed E-state index contributed by atoms with van der Waals surface area (Å²) in [5.41, 5.74) is 5.94. The zero-order valence-corrected chi connectivity index (χ0v) is 14.8. The molecule has 2 rings (SSSR count). The van der Waals surface area contributed by atoms with Crippen LogP contribution in [0.2, 0.25) is 5.02 Å². The summed E-state index contributed by atoms with van der Waals surface area (Å²) in [6, 6.07) is 2.89. The van der Waals surface area contributed by atoms with Crippen molar-refractivity contribution >= 4 is 43.2 Å². The molecule has 1 aliphatic heterocycles. The first-order chi connectivity index (χ1) is 9.73. The molecule has 0 amide bonds. The lowest BCUT2D eigenvalue weighted by molar-refractivity contribution is 0.0264. The molecule has 0 saturated carbocycles. The van der Waals surface area contributed by atoms with Gasteiger partial charge in [0.25, 0.3) is 0 Å². The standard InChI is InChI=1S/C13H18BrClN2O3S/c1-13(2-4-20-5-3-13)8-17-21(18,19)11-7-9(15)6-10(16)12(11)14/h6-7,17H,2-5,8,16H2,1H3. The van der Waals surface area contributed by atoms with Crippen LogP contribution in [-0.4, -0.2) is 28.2 Å². The highest BCUT2D eigenvalue weighted by atomic mass is 79.9. The second kappa shape index (κ2) is 6.42. The van der Waals surface area contributed by atoms with E-state index in [9.17, 15) is 8.42 Å². The van der Waals surface area contributed by atoms with Crippen molar-refractivity contribution in [3.8, 4) is 0 Å². The molecule has 1 saturated heterocycles. The molecule has 1 heterocycles. The van der Waals surface area contributed by atoms with Crippen LogP contribution in [-0.2, 0) is 14.8 Å². The highest BCUT2D eigenvalue weighted by molar-refractivity contribution is 9.10. The number of benzene rings is 1. The Bertz CT molecular complexity index is 631. The zero-order valence-electron chi connectivity index (χ0n) is 11.7. The van der Waals surface area contributed by atoms with Crippen LogP contribution in [0.15, 0.2) is 21.5 Å². The summed E-state index contributed by atoms with van der Waals surface area (Å²) in [4.78, 5) is 0.0585. The van der Waals surface area contributed by atoms with E-state index in [2.05, 4.69) is 27.6 Å². The summed E-state index contributed by atoms with van der Waals surface area (Å²) >= 11 is 9.10. The minimum absolute atomic E-state index is 0.0585. The Labute approximate surface area is 138 Å². The fourth-order valence-electron chi connectivity index (χ4n) is 2.17. The van der Waals surface area contributed by atoms with Crippen LogP contribution in [0.4, 0.5) is 5.69 Å². The summed E-state index contributed by atoms with van der Waals surface area (Å²) in [6.07, 6.45) is 1.66. The van der Waals surface area contributed by atoms with Crippen molar-refractivity contribution in [1.82, 2.24) is 4.72 Å². The molecule has 1 fully saturated rings. The van der Waals surface area contributed by atoms with Crippen molar-refractivity contribution < 1.29 is 13.2 Å². The van der Waals surface area contributed by atoms with Gasteiger partial charge in [-0.3, -0.25) is 0 Å². The summed E-state index contributed by atoms with van der Waals surface area (Å²) in [5.74, 6) is 0. The maximum Gasteiger partial charge on any atom is 0.241 e. The molecule has 0 aromatic heterocycles. The Morgan fingerprint density at radius 3 is 2.67 bits per heavy atom. The van der Waals surface area contributed by atoms with E-state index < -0.39 is 10.0 Å². The van der Waals surface area contributed by atoms with Gasteiger partial charge in [0.2, 0.25) is 10.0 Å². The van der Waals surface area contributed by atoms with Gasteiger partial charge in [0.1, 0.15) is 0 Å². The normalized spacial score (nSPS) is 18.6. The number of rotatable bonds is 4. The largest absolute Gasteiger partial charge is 0.398 e. The maximum absolute atomic E-state index is 12.5. The minimum Gasteiger partial charge on any atom is -0.398 e. The third kappa shape index (κ3) is 4.10. The quantitative estimate of drug-likeness (QED) is 0.765. The van der Waals surface area contributed by atoms with E-state index in [4.69, 9.17) is 22.1 Å². The van der Waals surface area contributed by atoms with E-state index >= 15 is 0 Å². The highest BCUT2D eigenvalue weighted by Gasteiger charge is 2.30. The predicted molar refractivity (Wildman–Crippen MR) is 86.9 cm³/mol. The molecule has 8 heteroatoms. The third-order valence-corrected chi connectivity index (χ3v) is 6.50. The Morgan fingerprint density at radius 1 is 1.43 bits per heavy atom. The molecule has 1 aromatic rings. The number of ether oxygens (including phenoxy) is 1. The number of hydrogen-bond acceptors (Lipinski definition) is 4. The fourth-order valence-corrected chi connectivity index (χ4v) is 4.66. The number of nitrogens with one attached hydrogen (secondary N) is 1. The predicted octanol–water partition coefficient (Wildman–Crippen LogP) is 2.78.